The molecule has 1 heterocycles. The molecule has 2 aromatic rings. The normalized spacial score (nSPS) is 13.3. The number of rotatable bonds is 8. The SMILES string of the molecule is COc1cccc(NC(=O)CN(C)C(=O)CSc2nnc(C)n2C2CC2)c1. The number of carbonyl (C=O) groups excluding carboxylic acids is 2. The lowest BCUT2D eigenvalue weighted by molar-refractivity contribution is -0.131. The van der Waals surface area contributed by atoms with E-state index in [1.807, 2.05) is 6.92 Å². The fourth-order valence-electron chi connectivity index (χ4n) is 2.64. The number of thioether (sulfide) groups is 1. The van der Waals surface area contributed by atoms with E-state index in [-0.39, 0.29) is 24.1 Å². The van der Waals surface area contributed by atoms with Crippen LogP contribution in [-0.2, 0) is 9.59 Å². The molecule has 0 radical (unpaired) electrons. The second-order valence-corrected chi connectivity index (χ2v) is 7.39. The van der Waals surface area contributed by atoms with Gasteiger partial charge in [0.05, 0.1) is 19.4 Å². The lowest BCUT2D eigenvalue weighted by Crippen LogP contribution is -2.36. The minimum absolute atomic E-state index is 0.0229. The summed E-state index contributed by atoms with van der Waals surface area (Å²) in [7, 11) is 3.18. The van der Waals surface area contributed by atoms with E-state index < -0.39 is 0 Å². The van der Waals surface area contributed by atoms with Gasteiger partial charge in [-0.05, 0) is 31.9 Å². The standard InChI is InChI=1S/C18H23N5O3S/c1-12-20-21-18(23(12)14-7-8-14)27-11-17(25)22(2)10-16(24)19-13-5-4-6-15(9-13)26-3/h4-6,9,14H,7-8,10-11H2,1-3H3,(H,19,24). The molecule has 0 bridgehead atoms. The van der Waals surface area contributed by atoms with Crippen molar-refractivity contribution in [1.29, 1.82) is 0 Å². The van der Waals surface area contributed by atoms with Gasteiger partial charge in [-0.1, -0.05) is 17.8 Å². The average molecular weight is 389 g/mol. The van der Waals surface area contributed by atoms with E-state index in [4.69, 9.17) is 4.74 Å². The van der Waals surface area contributed by atoms with Crippen molar-refractivity contribution in [2.45, 2.75) is 31.0 Å². The van der Waals surface area contributed by atoms with Crippen LogP contribution in [0.2, 0.25) is 0 Å². The van der Waals surface area contributed by atoms with Crippen LogP contribution in [-0.4, -0.2) is 57.9 Å². The topological polar surface area (TPSA) is 89.3 Å². The van der Waals surface area contributed by atoms with E-state index >= 15 is 0 Å². The first-order valence-electron chi connectivity index (χ1n) is 8.70. The van der Waals surface area contributed by atoms with Crippen LogP contribution in [0, 0.1) is 6.92 Å². The lowest BCUT2D eigenvalue weighted by Gasteiger charge is -2.17. The van der Waals surface area contributed by atoms with E-state index in [0.29, 0.717) is 17.5 Å². The molecule has 2 amide bonds. The van der Waals surface area contributed by atoms with Crippen molar-refractivity contribution in [2.75, 3.05) is 31.8 Å². The molecule has 27 heavy (non-hydrogen) atoms. The van der Waals surface area contributed by atoms with Crippen LogP contribution < -0.4 is 10.1 Å². The van der Waals surface area contributed by atoms with Gasteiger partial charge in [-0.2, -0.15) is 0 Å². The van der Waals surface area contributed by atoms with Gasteiger partial charge in [-0.3, -0.25) is 9.59 Å². The largest absolute Gasteiger partial charge is 0.497 e. The van der Waals surface area contributed by atoms with Crippen LogP contribution >= 0.6 is 11.8 Å². The zero-order chi connectivity index (χ0) is 19.4. The minimum Gasteiger partial charge on any atom is -0.497 e. The molecule has 1 N–H and O–H groups in total. The fraction of sp³-hybridized carbons (Fsp3) is 0.444. The highest BCUT2D eigenvalue weighted by Gasteiger charge is 2.28. The number of aryl methyl sites for hydroxylation is 1. The maximum Gasteiger partial charge on any atom is 0.243 e. The number of nitrogens with one attached hydrogen (secondary N) is 1. The first-order chi connectivity index (χ1) is 13.0. The van der Waals surface area contributed by atoms with Gasteiger partial charge in [0.25, 0.3) is 0 Å². The molecule has 0 saturated heterocycles. The molecule has 1 aliphatic carbocycles. The van der Waals surface area contributed by atoms with Gasteiger partial charge < -0.3 is 19.5 Å². The number of ether oxygens (including phenoxy) is 1. The molecule has 0 unspecified atom stereocenters. The second kappa shape index (κ2) is 8.43. The number of anilines is 1. The van der Waals surface area contributed by atoms with Crippen LogP contribution in [0.5, 0.6) is 5.75 Å². The summed E-state index contributed by atoms with van der Waals surface area (Å²) in [6, 6.07) is 7.54. The Bertz CT molecular complexity index is 834. The van der Waals surface area contributed by atoms with Crippen molar-refractivity contribution in [2.24, 2.45) is 0 Å². The Kier molecular flexibility index (Phi) is 6.00. The molecule has 8 nitrogen and oxygen atoms in total. The fourth-order valence-corrected chi connectivity index (χ4v) is 3.63. The Morgan fingerprint density at radius 3 is 2.85 bits per heavy atom. The van der Waals surface area contributed by atoms with E-state index in [1.165, 1.54) is 16.7 Å². The maximum absolute atomic E-state index is 12.4. The first kappa shape index (κ1) is 19.2. The Morgan fingerprint density at radius 2 is 2.15 bits per heavy atom. The van der Waals surface area contributed by atoms with Crippen LogP contribution in [0.3, 0.4) is 0 Å². The van der Waals surface area contributed by atoms with Gasteiger partial charge in [0.2, 0.25) is 11.8 Å². The molecular formula is C18H23N5O3S. The predicted molar refractivity (Wildman–Crippen MR) is 103 cm³/mol. The van der Waals surface area contributed by atoms with Crippen molar-refractivity contribution in [3.05, 3.63) is 30.1 Å². The molecule has 1 aromatic carbocycles. The van der Waals surface area contributed by atoms with Gasteiger partial charge >= 0.3 is 0 Å². The number of nitrogens with zero attached hydrogens (tertiary/aromatic N) is 4. The molecule has 9 heteroatoms. The van der Waals surface area contributed by atoms with Crippen LogP contribution in [0.25, 0.3) is 0 Å². The molecule has 0 aliphatic heterocycles. The zero-order valence-corrected chi connectivity index (χ0v) is 16.5. The monoisotopic (exact) mass is 389 g/mol. The third-order valence-electron chi connectivity index (χ3n) is 4.23. The number of carbonyl (C=O) groups is 2. The molecular weight excluding hydrogens is 366 g/mol. The summed E-state index contributed by atoms with van der Waals surface area (Å²) in [5.74, 6) is 1.35. The molecule has 144 valence electrons. The van der Waals surface area contributed by atoms with E-state index in [1.54, 1.807) is 38.4 Å². The molecule has 1 fully saturated rings. The molecule has 1 aliphatic rings. The Labute approximate surface area is 162 Å². The molecule has 1 saturated carbocycles. The van der Waals surface area contributed by atoms with Crippen LogP contribution in [0.1, 0.15) is 24.7 Å². The Balaban J connectivity index is 1.49. The van der Waals surface area contributed by atoms with Crippen LogP contribution in [0.4, 0.5) is 5.69 Å². The molecule has 3 rings (SSSR count). The third-order valence-corrected chi connectivity index (χ3v) is 5.16. The van der Waals surface area contributed by atoms with Gasteiger partial charge in [-0.15, -0.1) is 10.2 Å². The minimum atomic E-state index is -0.263. The zero-order valence-electron chi connectivity index (χ0n) is 15.6. The number of likely N-dealkylation sites (N-methyl/N-ethyl adjacent to an activating group) is 1. The summed E-state index contributed by atoms with van der Waals surface area (Å²) in [6.45, 7) is 1.90. The van der Waals surface area contributed by atoms with Crippen molar-refractivity contribution >= 4 is 29.3 Å². The number of amides is 2. The Hall–Kier alpha value is -2.55. The van der Waals surface area contributed by atoms with Gasteiger partial charge in [0.1, 0.15) is 11.6 Å². The first-order valence-corrected chi connectivity index (χ1v) is 9.68. The highest BCUT2D eigenvalue weighted by Crippen LogP contribution is 2.38. The summed E-state index contributed by atoms with van der Waals surface area (Å²) in [4.78, 5) is 25.9. The highest BCUT2D eigenvalue weighted by atomic mass is 32.2. The third kappa shape index (κ3) is 5.00. The van der Waals surface area contributed by atoms with E-state index in [2.05, 4.69) is 20.1 Å². The number of methoxy groups -OCH3 is 1. The summed E-state index contributed by atoms with van der Waals surface area (Å²) >= 11 is 1.36. The van der Waals surface area contributed by atoms with Crippen molar-refractivity contribution in [3.8, 4) is 5.75 Å². The molecule has 0 spiro atoms. The molecule has 1 aromatic heterocycles. The maximum atomic E-state index is 12.4. The number of benzene rings is 1. The summed E-state index contributed by atoms with van der Waals surface area (Å²) in [6.07, 6.45) is 2.26. The summed E-state index contributed by atoms with van der Waals surface area (Å²) < 4.78 is 7.22. The van der Waals surface area contributed by atoms with Crippen LogP contribution in [0.15, 0.2) is 29.4 Å². The highest BCUT2D eigenvalue weighted by molar-refractivity contribution is 7.99. The van der Waals surface area contributed by atoms with E-state index in [0.717, 1.165) is 23.8 Å². The number of hydrogen-bond donors (Lipinski definition) is 1. The Morgan fingerprint density at radius 1 is 1.37 bits per heavy atom. The summed E-state index contributed by atoms with van der Waals surface area (Å²) in [5, 5.41) is 11.8. The van der Waals surface area contributed by atoms with Gasteiger partial charge in [-0.25, -0.2) is 0 Å². The van der Waals surface area contributed by atoms with Crippen molar-refractivity contribution < 1.29 is 14.3 Å². The summed E-state index contributed by atoms with van der Waals surface area (Å²) in [5.41, 5.74) is 0.627. The van der Waals surface area contributed by atoms with Gasteiger partial charge in [0, 0.05) is 24.8 Å². The number of hydrogen-bond acceptors (Lipinski definition) is 6. The van der Waals surface area contributed by atoms with Crippen molar-refractivity contribution in [3.63, 3.8) is 0 Å². The molecule has 0 atom stereocenters. The lowest BCUT2D eigenvalue weighted by atomic mass is 10.3. The second-order valence-electron chi connectivity index (χ2n) is 6.45. The van der Waals surface area contributed by atoms with E-state index in [9.17, 15) is 9.59 Å². The quantitative estimate of drug-likeness (QED) is 0.696. The average Bonchev–Trinajstić information content (AvgIpc) is 3.42. The number of aromatic nitrogens is 3. The predicted octanol–water partition coefficient (Wildman–Crippen LogP) is 2.12. The van der Waals surface area contributed by atoms with Gasteiger partial charge in [0.15, 0.2) is 5.16 Å². The smallest absolute Gasteiger partial charge is 0.243 e. The van der Waals surface area contributed by atoms with Crippen molar-refractivity contribution in [1.82, 2.24) is 19.7 Å².